The van der Waals surface area contributed by atoms with Crippen molar-refractivity contribution in [2.24, 2.45) is 11.8 Å². The molecule has 1 aromatic carbocycles. The number of nitrogens with one attached hydrogen (secondary N) is 1. The Morgan fingerprint density at radius 1 is 1.12 bits per heavy atom. The maximum atomic E-state index is 12.5. The molecule has 1 saturated heterocycles. The highest BCUT2D eigenvalue weighted by atomic mass is 79.9. The molecule has 3 rings (SSSR count). The summed E-state index contributed by atoms with van der Waals surface area (Å²) in [6.07, 6.45) is 1.09. The standard InChI is InChI=1S/C16H15Br2N3O5/c17-12-5-10-11(6-13(12)18)16(24)20(15(10)23)7-14(22)19-8-1-3-9(4-2-8)21(25)26/h1-4,10-13H,5-7H2,(H,19,22)/t10-,11+,12-,13-/m0/s1. The Morgan fingerprint density at radius 3 is 2.08 bits per heavy atom. The minimum Gasteiger partial charge on any atom is -0.325 e. The van der Waals surface area contributed by atoms with Crippen molar-refractivity contribution in [3.05, 3.63) is 34.4 Å². The molecular weight excluding hydrogens is 474 g/mol. The Morgan fingerprint density at radius 2 is 1.62 bits per heavy atom. The van der Waals surface area contributed by atoms with E-state index in [-0.39, 0.29) is 33.7 Å². The molecule has 1 heterocycles. The molecule has 2 aliphatic rings. The Bertz CT molecular complexity index is 742. The van der Waals surface area contributed by atoms with Crippen molar-refractivity contribution in [2.45, 2.75) is 22.5 Å². The monoisotopic (exact) mass is 487 g/mol. The molecule has 10 heteroatoms. The number of imide groups is 1. The number of nitro groups is 1. The number of likely N-dealkylation sites (tertiary alicyclic amines) is 1. The zero-order valence-electron chi connectivity index (χ0n) is 13.4. The van der Waals surface area contributed by atoms with Gasteiger partial charge in [0.2, 0.25) is 17.7 Å². The fourth-order valence-corrected chi connectivity index (χ4v) is 4.57. The van der Waals surface area contributed by atoms with Crippen LogP contribution in [-0.2, 0) is 14.4 Å². The van der Waals surface area contributed by atoms with E-state index in [2.05, 4.69) is 37.2 Å². The third-order valence-electron chi connectivity index (χ3n) is 4.67. The predicted octanol–water partition coefficient (Wildman–Crippen LogP) is 2.46. The molecule has 8 nitrogen and oxygen atoms in total. The van der Waals surface area contributed by atoms with E-state index in [1.165, 1.54) is 24.3 Å². The number of hydrogen-bond donors (Lipinski definition) is 1. The minimum absolute atomic E-state index is 0.0920. The number of carbonyl (C=O) groups is 3. The van der Waals surface area contributed by atoms with Gasteiger partial charge in [0.25, 0.3) is 5.69 Å². The second-order valence-electron chi connectivity index (χ2n) is 6.33. The summed E-state index contributed by atoms with van der Waals surface area (Å²) in [7, 11) is 0. The zero-order valence-corrected chi connectivity index (χ0v) is 16.6. The van der Waals surface area contributed by atoms with Crippen molar-refractivity contribution >= 4 is 61.0 Å². The van der Waals surface area contributed by atoms with E-state index in [1.807, 2.05) is 0 Å². The lowest BCUT2D eigenvalue weighted by molar-refractivity contribution is -0.384. The lowest BCUT2D eigenvalue weighted by Gasteiger charge is -2.29. The van der Waals surface area contributed by atoms with Gasteiger partial charge in [-0.05, 0) is 25.0 Å². The number of carbonyl (C=O) groups excluding carboxylic acids is 3. The van der Waals surface area contributed by atoms with Gasteiger partial charge in [-0.3, -0.25) is 29.4 Å². The maximum Gasteiger partial charge on any atom is 0.269 e. The summed E-state index contributed by atoms with van der Waals surface area (Å²) in [4.78, 5) is 48.6. The van der Waals surface area contributed by atoms with E-state index >= 15 is 0 Å². The van der Waals surface area contributed by atoms with Crippen LogP contribution in [0.5, 0.6) is 0 Å². The molecule has 1 saturated carbocycles. The summed E-state index contributed by atoms with van der Waals surface area (Å²) in [5.74, 6) is -1.95. The van der Waals surface area contributed by atoms with Gasteiger partial charge in [-0.1, -0.05) is 31.9 Å². The van der Waals surface area contributed by atoms with Crippen LogP contribution in [0.25, 0.3) is 0 Å². The topological polar surface area (TPSA) is 110 Å². The van der Waals surface area contributed by atoms with Crippen LogP contribution in [0.4, 0.5) is 11.4 Å². The van der Waals surface area contributed by atoms with Gasteiger partial charge in [0, 0.05) is 27.5 Å². The number of anilines is 1. The predicted molar refractivity (Wildman–Crippen MR) is 100 cm³/mol. The average molecular weight is 489 g/mol. The molecular formula is C16H15Br2N3O5. The number of halogens is 2. The van der Waals surface area contributed by atoms with Crippen molar-refractivity contribution < 1.29 is 19.3 Å². The van der Waals surface area contributed by atoms with E-state index in [0.29, 0.717) is 18.5 Å². The molecule has 1 N–H and O–H groups in total. The fourth-order valence-electron chi connectivity index (χ4n) is 3.33. The molecule has 3 amide bonds. The zero-order chi connectivity index (χ0) is 19.0. The maximum absolute atomic E-state index is 12.5. The first-order valence-corrected chi connectivity index (χ1v) is 9.78. The van der Waals surface area contributed by atoms with Gasteiger partial charge in [-0.2, -0.15) is 0 Å². The summed E-state index contributed by atoms with van der Waals surface area (Å²) in [6, 6.07) is 5.33. The molecule has 1 aromatic rings. The third-order valence-corrected chi connectivity index (χ3v) is 7.40. The summed E-state index contributed by atoms with van der Waals surface area (Å²) in [5, 5.41) is 13.2. The molecule has 138 valence electrons. The molecule has 0 unspecified atom stereocenters. The van der Waals surface area contributed by atoms with Crippen LogP contribution < -0.4 is 5.32 Å². The average Bonchev–Trinajstić information content (AvgIpc) is 2.80. The van der Waals surface area contributed by atoms with E-state index in [9.17, 15) is 24.5 Å². The summed E-state index contributed by atoms with van der Waals surface area (Å²) >= 11 is 7.02. The highest BCUT2D eigenvalue weighted by Gasteiger charge is 2.52. The number of fused-ring (bicyclic) bond motifs is 1. The van der Waals surface area contributed by atoms with Crippen molar-refractivity contribution in [1.29, 1.82) is 0 Å². The van der Waals surface area contributed by atoms with Crippen LogP contribution in [0.15, 0.2) is 24.3 Å². The number of rotatable bonds is 4. The third kappa shape index (κ3) is 3.66. The second kappa shape index (κ2) is 7.43. The molecule has 26 heavy (non-hydrogen) atoms. The molecule has 0 spiro atoms. The molecule has 0 bridgehead atoms. The van der Waals surface area contributed by atoms with Crippen LogP contribution in [0, 0.1) is 22.0 Å². The number of benzene rings is 1. The van der Waals surface area contributed by atoms with E-state index < -0.39 is 22.7 Å². The van der Waals surface area contributed by atoms with E-state index in [4.69, 9.17) is 0 Å². The summed E-state index contributed by atoms with van der Waals surface area (Å²) < 4.78 is 0. The van der Waals surface area contributed by atoms with Crippen molar-refractivity contribution in [3.8, 4) is 0 Å². The van der Waals surface area contributed by atoms with Crippen LogP contribution >= 0.6 is 31.9 Å². The number of nitrogens with zero attached hydrogens (tertiary/aromatic N) is 2. The van der Waals surface area contributed by atoms with E-state index in [0.717, 1.165) is 4.90 Å². The van der Waals surface area contributed by atoms with Gasteiger partial charge >= 0.3 is 0 Å². The van der Waals surface area contributed by atoms with Gasteiger partial charge in [0.15, 0.2) is 0 Å². The lowest BCUT2D eigenvalue weighted by Crippen LogP contribution is -2.38. The van der Waals surface area contributed by atoms with Crippen molar-refractivity contribution in [2.75, 3.05) is 11.9 Å². The Labute approximate surface area is 165 Å². The van der Waals surface area contributed by atoms with Crippen LogP contribution in [0.1, 0.15) is 12.8 Å². The van der Waals surface area contributed by atoms with Gasteiger partial charge in [-0.15, -0.1) is 0 Å². The van der Waals surface area contributed by atoms with Crippen LogP contribution in [0.2, 0.25) is 0 Å². The normalized spacial score (nSPS) is 28.0. The number of non-ortho nitro benzene ring substituents is 1. The van der Waals surface area contributed by atoms with E-state index in [1.54, 1.807) is 0 Å². The molecule has 1 aliphatic heterocycles. The van der Waals surface area contributed by atoms with Crippen molar-refractivity contribution in [1.82, 2.24) is 4.90 Å². The molecule has 0 aromatic heterocycles. The SMILES string of the molecule is O=C(CN1C(=O)[C@H]2C[C@H](Br)[C@@H](Br)C[C@H]2C1=O)Nc1ccc([N+](=O)[O-])cc1. The largest absolute Gasteiger partial charge is 0.325 e. The van der Waals surface area contributed by atoms with Crippen LogP contribution in [0.3, 0.4) is 0 Å². The van der Waals surface area contributed by atoms with Gasteiger partial charge in [-0.25, -0.2) is 0 Å². The Balaban J connectivity index is 1.65. The first-order valence-electron chi connectivity index (χ1n) is 7.95. The number of alkyl halides is 2. The lowest BCUT2D eigenvalue weighted by atomic mass is 9.81. The Kier molecular flexibility index (Phi) is 5.42. The number of amides is 3. The number of hydrogen-bond acceptors (Lipinski definition) is 5. The quantitative estimate of drug-likeness (QED) is 0.303. The summed E-state index contributed by atoms with van der Waals surface area (Å²) in [6.45, 7) is -0.360. The number of nitro benzene ring substituents is 1. The van der Waals surface area contributed by atoms with Gasteiger partial charge in [0.1, 0.15) is 6.54 Å². The Hall–Kier alpha value is -1.81. The summed E-state index contributed by atoms with van der Waals surface area (Å²) in [5.41, 5.74) is 0.267. The first-order chi connectivity index (χ1) is 12.3. The first kappa shape index (κ1) is 19.0. The smallest absolute Gasteiger partial charge is 0.269 e. The molecule has 2 fully saturated rings. The highest BCUT2D eigenvalue weighted by molar-refractivity contribution is 9.12. The van der Waals surface area contributed by atoms with Crippen molar-refractivity contribution in [3.63, 3.8) is 0 Å². The van der Waals surface area contributed by atoms with Gasteiger partial charge in [0.05, 0.1) is 16.8 Å². The highest BCUT2D eigenvalue weighted by Crippen LogP contribution is 2.43. The molecule has 4 atom stereocenters. The fraction of sp³-hybridized carbons (Fsp3) is 0.438. The van der Waals surface area contributed by atoms with Crippen LogP contribution in [-0.4, -0.2) is 43.7 Å². The molecule has 0 radical (unpaired) electrons. The molecule has 1 aliphatic carbocycles. The second-order valence-corrected chi connectivity index (χ2v) is 8.68. The van der Waals surface area contributed by atoms with Gasteiger partial charge < -0.3 is 5.32 Å². The minimum atomic E-state index is -0.539.